The van der Waals surface area contributed by atoms with E-state index in [4.69, 9.17) is 0 Å². The number of amides is 3. The standard InChI is InChI=1S/C16H23N7O2/c1-11(2)23-10-6-13(19-23)18-16(25)17-12-5-4-8-22(15(12)24)14-7-9-21(3)20-14/h6-7,9-12H,4-5,8H2,1-3H3,(H2,17,18,19,25). The lowest BCUT2D eigenvalue weighted by molar-refractivity contribution is -0.121. The largest absolute Gasteiger partial charge is 0.326 e. The minimum atomic E-state index is -0.567. The number of carbonyl (C=O) groups excluding carboxylic acids is 2. The molecule has 9 nitrogen and oxygen atoms in total. The number of aromatic nitrogens is 4. The number of carbonyl (C=O) groups is 2. The van der Waals surface area contributed by atoms with Crippen molar-refractivity contribution >= 4 is 23.6 Å². The first-order valence-electron chi connectivity index (χ1n) is 8.38. The number of nitrogens with zero attached hydrogens (tertiary/aromatic N) is 5. The van der Waals surface area contributed by atoms with Crippen molar-refractivity contribution in [3.8, 4) is 0 Å². The van der Waals surface area contributed by atoms with Crippen LogP contribution < -0.4 is 15.5 Å². The summed E-state index contributed by atoms with van der Waals surface area (Å²) >= 11 is 0. The van der Waals surface area contributed by atoms with Crippen molar-refractivity contribution < 1.29 is 9.59 Å². The number of hydrogen-bond donors (Lipinski definition) is 2. The third-order valence-electron chi connectivity index (χ3n) is 4.10. The molecule has 3 heterocycles. The Morgan fingerprint density at radius 1 is 1.28 bits per heavy atom. The van der Waals surface area contributed by atoms with E-state index in [0.717, 1.165) is 6.42 Å². The van der Waals surface area contributed by atoms with Gasteiger partial charge >= 0.3 is 6.03 Å². The number of piperidine rings is 1. The molecule has 0 saturated carbocycles. The van der Waals surface area contributed by atoms with Crippen LogP contribution >= 0.6 is 0 Å². The van der Waals surface area contributed by atoms with Gasteiger partial charge in [-0.3, -0.25) is 24.4 Å². The van der Waals surface area contributed by atoms with E-state index < -0.39 is 12.1 Å². The SMILES string of the molecule is CC(C)n1ccc(NC(=O)NC2CCCN(c3ccn(C)n3)C2=O)n1. The van der Waals surface area contributed by atoms with Crippen molar-refractivity contribution in [2.45, 2.75) is 38.8 Å². The van der Waals surface area contributed by atoms with Crippen LogP contribution in [0.15, 0.2) is 24.5 Å². The van der Waals surface area contributed by atoms with Crippen LogP contribution in [0.2, 0.25) is 0 Å². The molecule has 1 fully saturated rings. The number of nitrogens with one attached hydrogen (secondary N) is 2. The van der Waals surface area contributed by atoms with Gasteiger partial charge < -0.3 is 5.32 Å². The topological polar surface area (TPSA) is 97.1 Å². The molecule has 1 atom stereocenters. The molecule has 1 aliphatic heterocycles. The van der Waals surface area contributed by atoms with Gasteiger partial charge in [0.2, 0.25) is 0 Å². The summed E-state index contributed by atoms with van der Waals surface area (Å²) < 4.78 is 3.40. The number of anilines is 2. The van der Waals surface area contributed by atoms with Crippen LogP contribution in [0.5, 0.6) is 0 Å². The van der Waals surface area contributed by atoms with Crippen LogP contribution in [0.1, 0.15) is 32.7 Å². The summed E-state index contributed by atoms with van der Waals surface area (Å²) in [5.41, 5.74) is 0. The fourth-order valence-electron chi connectivity index (χ4n) is 2.79. The Balaban J connectivity index is 1.61. The first kappa shape index (κ1) is 17.0. The Labute approximate surface area is 146 Å². The Bertz CT molecular complexity index is 764. The fraction of sp³-hybridized carbons (Fsp3) is 0.500. The summed E-state index contributed by atoms with van der Waals surface area (Å²) in [5.74, 6) is 0.916. The molecular weight excluding hydrogens is 322 g/mol. The summed E-state index contributed by atoms with van der Waals surface area (Å²) in [7, 11) is 1.80. The predicted octanol–water partition coefficient (Wildman–Crippen LogP) is 1.51. The number of rotatable bonds is 4. The molecule has 2 N–H and O–H groups in total. The zero-order valence-corrected chi connectivity index (χ0v) is 14.6. The zero-order valence-electron chi connectivity index (χ0n) is 14.6. The summed E-state index contributed by atoms with van der Waals surface area (Å²) in [6, 6.07) is 2.73. The van der Waals surface area contributed by atoms with Crippen molar-refractivity contribution in [3.05, 3.63) is 24.5 Å². The van der Waals surface area contributed by atoms with E-state index in [-0.39, 0.29) is 11.9 Å². The lowest BCUT2D eigenvalue weighted by atomic mass is 10.1. The van der Waals surface area contributed by atoms with Crippen LogP contribution in [0.4, 0.5) is 16.4 Å². The molecule has 2 aromatic heterocycles. The average Bonchev–Trinajstić information content (AvgIpc) is 3.18. The molecule has 1 unspecified atom stereocenters. The highest BCUT2D eigenvalue weighted by atomic mass is 16.2. The van der Waals surface area contributed by atoms with E-state index in [1.807, 2.05) is 13.8 Å². The van der Waals surface area contributed by atoms with Crippen LogP contribution in [-0.2, 0) is 11.8 Å². The molecule has 0 aliphatic carbocycles. The Hall–Kier alpha value is -2.84. The molecule has 0 aromatic carbocycles. The Morgan fingerprint density at radius 2 is 2.08 bits per heavy atom. The molecule has 0 radical (unpaired) electrons. The lowest BCUT2D eigenvalue weighted by Gasteiger charge is -2.31. The van der Waals surface area contributed by atoms with E-state index in [1.165, 1.54) is 0 Å². The van der Waals surface area contributed by atoms with Crippen molar-refractivity contribution in [2.24, 2.45) is 7.05 Å². The molecule has 25 heavy (non-hydrogen) atoms. The maximum absolute atomic E-state index is 12.6. The van der Waals surface area contributed by atoms with E-state index in [0.29, 0.717) is 24.6 Å². The lowest BCUT2D eigenvalue weighted by Crippen LogP contribution is -2.53. The minimum absolute atomic E-state index is 0.146. The first-order chi connectivity index (χ1) is 11.9. The third-order valence-corrected chi connectivity index (χ3v) is 4.10. The van der Waals surface area contributed by atoms with Gasteiger partial charge in [-0.2, -0.15) is 10.2 Å². The van der Waals surface area contributed by atoms with Gasteiger partial charge in [0.15, 0.2) is 11.6 Å². The summed E-state index contributed by atoms with van der Waals surface area (Å²) in [4.78, 5) is 26.4. The molecular formula is C16H23N7O2. The van der Waals surface area contributed by atoms with Gasteiger partial charge in [-0.15, -0.1) is 0 Å². The third kappa shape index (κ3) is 3.81. The molecule has 2 aromatic rings. The highest BCUT2D eigenvalue weighted by Gasteiger charge is 2.31. The molecule has 9 heteroatoms. The molecule has 134 valence electrons. The summed E-state index contributed by atoms with van der Waals surface area (Å²) in [6.07, 6.45) is 5.00. The van der Waals surface area contributed by atoms with Gasteiger partial charge in [0.25, 0.3) is 5.91 Å². The second-order valence-electron chi connectivity index (χ2n) is 6.41. The maximum atomic E-state index is 12.6. The first-order valence-corrected chi connectivity index (χ1v) is 8.38. The quantitative estimate of drug-likeness (QED) is 0.878. The second kappa shape index (κ2) is 6.96. The number of urea groups is 1. The normalized spacial score (nSPS) is 17.8. The van der Waals surface area contributed by atoms with Gasteiger partial charge in [0.1, 0.15) is 6.04 Å². The van der Waals surface area contributed by atoms with Gasteiger partial charge in [-0.05, 0) is 26.7 Å². The van der Waals surface area contributed by atoms with Crippen LogP contribution in [0, 0.1) is 0 Å². The number of hydrogen-bond acceptors (Lipinski definition) is 4. The monoisotopic (exact) mass is 345 g/mol. The zero-order chi connectivity index (χ0) is 18.0. The van der Waals surface area contributed by atoms with E-state index in [9.17, 15) is 9.59 Å². The number of aryl methyl sites for hydroxylation is 1. The van der Waals surface area contributed by atoms with Gasteiger partial charge in [-0.25, -0.2) is 4.79 Å². The summed E-state index contributed by atoms with van der Waals surface area (Å²) in [5, 5.41) is 13.9. The van der Waals surface area contributed by atoms with Crippen molar-refractivity contribution in [3.63, 3.8) is 0 Å². The summed E-state index contributed by atoms with van der Waals surface area (Å²) in [6.45, 7) is 4.61. The molecule has 1 aliphatic rings. The average molecular weight is 345 g/mol. The van der Waals surface area contributed by atoms with Crippen LogP contribution in [-0.4, -0.2) is 44.1 Å². The van der Waals surface area contributed by atoms with Crippen LogP contribution in [0.25, 0.3) is 0 Å². The molecule has 0 bridgehead atoms. The second-order valence-corrected chi connectivity index (χ2v) is 6.41. The van der Waals surface area contributed by atoms with Crippen molar-refractivity contribution in [2.75, 3.05) is 16.8 Å². The van der Waals surface area contributed by atoms with Crippen molar-refractivity contribution in [1.29, 1.82) is 0 Å². The van der Waals surface area contributed by atoms with Crippen LogP contribution in [0.3, 0.4) is 0 Å². The Kier molecular flexibility index (Phi) is 4.73. The molecule has 0 spiro atoms. The van der Waals surface area contributed by atoms with E-state index >= 15 is 0 Å². The van der Waals surface area contributed by atoms with Gasteiger partial charge in [0.05, 0.1) is 0 Å². The predicted molar refractivity (Wildman–Crippen MR) is 93.3 cm³/mol. The van der Waals surface area contributed by atoms with Gasteiger partial charge in [-0.1, -0.05) is 0 Å². The minimum Gasteiger partial charge on any atom is -0.326 e. The Morgan fingerprint density at radius 3 is 2.72 bits per heavy atom. The highest BCUT2D eigenvalue weighted by Crippen LogP contribution is 2.19. The van der Waals surface area contributed by atoms with E-state index in [1.54, 1.807) is 45.8 Å². The highest BCUT2D eigenvalue weighted by molar-refractivity contribution is 6.00. The maximum Gasteiger partial charge on any atom is 0.321 e. The van der Waals surface area contributed by atoms with Gasteiger partial charge in [0, 0.05) is 44.2 Å². The molecule has 1 saturated heterocycles. The molecule has 3 amide bonds. The fourth-order valence-corrected chi connectivity index (χ4v) is 2.79. The smallest absolute Gasteiger partial charge is 0.321 e. The van der Waals surface area contributed by atoms with E-state index in [2.05, 4.69) is 20.8 Å². The van der Waals surface area contributed by atoms with Crippen molar-refractivity contribution in [1.82, 2.24) is 24.9 Å². The molecule has 3 rings (SSSR count).